The van der Waals surface area contributed by atoms with Crippen molar-refractivity contribution in [2.24, 2.45) is 4.99 Å². The maximum Gasteiger partial charge on any atom is 0.434 e. The largest absolute Gasteiger partial charge is 0.434 e. The highest BCUT2D eigenvalue weighted by Gasteiger charge is 2.33. The highest BCUT2D eigenvalue weighted by Crippen LogP contribution is 2.30. The average Bonchev–Trinajstić information content (AvgIpc) is 3.38. The summed E-state index contributed by atoms with van der Waals surface area (Å²) in [6, 6.07) is 4.05. The van der Waals surface area contributed by atoms with Gasteiger partial charge in [0.05, 0.1) is 11.6 Å². The molecule has 29 heavy (non-hydrogen) atoms. The van der Waals surface area contributed by atoms with Crippen molar-refractivity contribution in [2.75, 3.05) is 31.1 Å². The van der Waals surface area contributed by atoms with Crippen LogP contribution in [0.1, 0.15) is 36.0 Å². The fourth-order valence-corrected chi connectivity index (χ4v) is 3.80. The number of anilines is 1. The number of thiazole rings is 1. The third kappa shape index (κ3) is 6.31. The molecular formula is C19H25F3N6S. The number of aliphatic imine (C=N–C) groups is 1. The maximum absolute atomic E-state index is 12.6. The Morgan fingerprint density at radius 2 is 2.03 bits per heavy atom. The molecule has 3 rings (SSSR count). The molecule has 0 aromatic carbocycles. The molecule has 0 radical (unpaired) electrons. The van der Waals surface area contributed by atoms with Crippen molar-refractivity contribution in [1.29, 1.82) is 0 Å². The first-order chi connectivity index (χ1) is 14.0. The van der Waals surface area contributed by atoms with E-state index < -0.39 is 11.9 Å². The zero-order valence-corrected chi connectivity index (χ0v) is 17.1. The van der Waals surface area contributed by atoms with E-state index in [1.54, 1.807) is 0 Å². The molecule has 158 valence electrons. The molecule has 0 atom stereocenters. The molecule has 1 aliphatic heterocycles. The lowest BCUT2D eigenvalue weighted by Crippen LogP contribution is -2.38. The van der Waals surface area contributed by atoms with Gasteiger partial charge in [0.15, 0.2) is 11.7 Å². The molecule has 1 aliphatic rings. The fraction of sp³-hybridized carbons (Fsp3) is 0.526. The van der Waals surface area contributed by atoms with Gasteiger partial charge in [0, 0.05) is 44.2 Å². The second kappa shape index (κ2) is 9.91. The lowest BCUT2D eigenvalue weighted by molar-refractivity contribution is -0.140. The van der Waals surface area contributed by atoms with Crippen LogP contribution in [0.4, 0.5) is 19.0 Å². The Balaban J connectivity index is 1.50. The SMILES string of the molecule is CCNC(=NCc1ccc(N2CCCC2)nc1)NCCc1nc(C(F)(F)F)cs1. The van der Waals surface area contributed by atoms with E-state index in [-0.39, 0.29) is 0 Å². The van der Waals surface area contributed by atoms with Crippen LogP contribution in [0, 0.1) is 0 Å². The van der Waals surface area contributed by atoms with Gasteiger partial charge in [-0.15, -0.1) is 11.3 Å². The number of aromatic nitrogens is 2. The van der Waals surface area contributed by atoms with Crippen molar-refractivity contribution < 1.29 is 13.2 Å². The van der Waals surface area contributed by atoms with Crippen molar-refractivity contribution in [2.45, 2.75) is 38.9 Å². The molecule has 2 aromatic rings. The Morgan fingerprint density at radius 1 is 1.24 bits per heavy atom. The summed E-state index contributed by atoms with van der Waals surface area (Å²) in [5.41, 5.74) is 0.169. The molecule has 3 heterocycles. The molecule has 1 fully saturated rings. The van der Waals surface area contributed by atoms with E-state index in [0.717, 1.165) is 41.2 Å². The molecule has 0 amide bonds. The van der Waals surface area contributed by atoms with Crippen LogP contribution in [0.5, 0.6) is 0 Å². The number of alkyl halides is 3. The number of halogens is 3. The molecule has 2 N–H and O–H groups in total. The summed E-state index contributed by atoms with van der Waals surface area (Å²) in [6.07, 6.45) is 0.275. The number of nitrogens with zero attached hydrogens (tertiary/aromatic N) is 4. The van der Waals surface area contributed by atoms with E-state index in [1.165, 1.54) is 12.8 Å². The van der Waals surface area contributed by atoms with Crippen LogP contribution >= 0.6 is 11.3 Å². The van der Waals surface area contributed by atoms with Gasteiger partial charge in [-0.05, 0) is 31.4 Å². The van der Waals surface area contributed by atoms with E-state index in [2.05, 4.69) is 30.5 Å². The lowest BCUT2D eigenvalue weighted by atomic mass is 10.3. The van der Waals surface area contributed by atoms with Crippen LogP contribution in [0.25, 0.3) is 0 Å². The fourth-order valence-electron chi connectivity index (χ4n) is 3.00. The third-order valence-corrected chi connectivity index (χ3v) is 5.39. The predicted molar refractivity (Wildman–Crippen MR) is 109 cm³/mol. The van der Waals surface area contributed by atoms with Crippen LogP contribution in [0.2, 0.25) is 0 Å². The molecule has 0 bridgehead atoms. The topological polar surface area (TPSA) is 65.4 Å². The summed E-state index contributed by atoms with van der Waals surface area (Å²) in [5, 5.41) is 7.77. The van der Waals surface area contributed by atoms with E-state index in [0.29, 0.717) is 37.0 Å². The zero-order chi connectivity index (χ0) is 20.7. The van der Waals surface area contributed by atoms with Crippen LogP contribution < -0.4 is 15.5 Å². The molecule has 2 aromatic heterocycles. The number of nitrogens with one attached hydrogen (secondary N) is 2. The van der Waals surface area contributed by atoms with Crippen LogP contribution in [-0.4, -0.2) is 42.1 Å². The Labute approximate surface area is 172 Å². The van der Waals surface area contributed by atoms with E-state index in [9.17, 15) is 13.2 Å². The minimum absolute atomic E-state index is 0.400. The van der Waals surface area contributed by atoms with Crippen LogP contribution in [0.3, 0.4) is 0 Å². The van der Waals surface area contributed by atoms with Gasteiger partial charge in [0.25, 0.3) is 0 Å². The Hall–Kier alpha value is -2.36. The molecule has 0 aliphatic carbocycles. The highest BCUT2D eigenvalue weighted by molar-refractivity contribution is 7.09. The summed E-state index contributed by atoms with van der Waals surface area (Å²) in [5.74, 6) is 1.62. The van der Waals surface area contributed by atoms with Gasteiger partial charge >= 0.3 is 6.18 Å². The number of pyridine rings is 1. The van der Waals surface area contributed by atoms with Gasteiger partial charge < -0.3 is 15.5 Å². The molecular weight excluding hydrogens is 401 g/mol. The van der Waals surface area contributed by atoms with Crippen LogP contribution in [-0.2, 0) is 19.1 Å². The molecule has 0 unspecified atom stereocenters. The standard InChI is InChI=1S/C19H25F3N6S/c1-2-23-18(24-8-7-17-27-15(13-29-17)19(20,21)22)26-12-14-5-6-16(25-11-14)28-9-3-4-10-28/h5-6,11,13H,2-4,7-10,12H2,1H3,(H2,23,24,26). The summed E-state index contributed by atoms with van der Waals surface area (Å²) in [7, 11) is 0. The predicted octanol–water partition coefficient (Wildman–Crippen LogP) is 3.45. The van der Waals surface area contributed by atoms with Crippen molar-refractivity contribution >= 4 is 23.1 Å². The Morgan fingerprint density at radius 3 is 2.66 bits per heavy atom. The number of guanidine groups is 1. The van der Waals surface area contributed by atoms with Crippen LogP contribution in [0.15, 0.2) is 28.7 Å². The number of rotatable bonds is 7. The summed E-state index contributed by atoms with van der Waals surface area (Å²) in [6.45, 7) is 5.68. The summed E-state index contributed by atoms with van der Waals surface area (Å²) >= 11 is 1.02. The van der Waals surface area contributed by atoms with E-state index in [1.807, 2.05) is 25.3 Å². The average molecular weight is 427 g/mol. The van der Waals surface area contributed by atoms with Gasteiger partial charge in [0.2, 0.25) is 0 Å². The molecule has 10 heteroatoms. The van der Waals surface area contributed by atoms with E-state index in [4.69, 9.17) is 0 Å². The first-order valence-electron chi connectivity index (χ1n) is 9.69. The van der Waals surface area contributed by atoms with Crippen molar-refractivity contribution in [3.63, 3.8) is 0 Å². The number of hydrogen-bond donors (Lipinski definition) is 2. The molecule has 0 spiro atoms. The normalized spacial score (nSPS) is 15.0. The smallest absolute Gasteiger partial charge is 0.357 e. The van der Waals surface area contributed by atoms with Crippen molar-refractivity contribution in [3.05, 3.63) is 40.0 Å². The molecule has 0 saturated carbocycles. The minimum Gasteiger partial charge on any atom is -0.357 e. The second-order valence-corrected chi connectivity index (χ2v) is 7.66. The van der Waals surface area contributed by atoms with Gasteiger partial charge in [-0.1, -0.05) is 6.07 Å². The Bertz CT molecular complexity index is 797. The van der Waals surface area contributed by atoms with Gasteiger partial charge in [-0.25, -0.2) is 15.0 Å². The maximum atomic E-state index is 12.6. The first-order valence-corrected chi connectivity index (χ1v) is 10.6. The summed E-state index contributed by atoms with van der Waals surface area (Å²) < 4.78 is 37.9. The molecule has 6 nitrogen and oxygen atoms in total. The monoisotopic (exact) mass is 426 g/mol. The van der Waals surface area contributed by atoms with Crippen molar-refractivity contribution in [3.8, 4) is 0 Å². The molecule has 1 saturated heterocycles. The highest BCUT2D eigenvalue weighted by atomic mass is 32.1. The minimum atomic E-state index is -4.39. The first kappa shape index (κ1) is 21.4. The van der Waals surface area contributed by atoms with Crippen molar-refractivity contribution in [1.82, 2.24) is 20.6 Å². The Kier molecular flexibility index (Phi) is 7.29. The number of hydrogen-bond acceptors (Lipinski definition) is 5. The second-order valence-electron chi connectivity index (χ2n) is 6.71. The summed E-state index contributed by atoms with van der Waals surface area (Å²) in [4.78, 5) is 15.0. The van der Waals surface area contributed by atoms with Gasteiger partial charge in [-0.3, -0.25) is 0 Å². The van der Waals surface area contributed by atoms with E-state index >= 15 is 0 Å². The van der Waals surface area contributed by atoms with Gasteiger partial charge in [0.1, 0.15) is 5.82 Å². The third-order valence-electron chi connectivity index (χ3n) is 4.48. The van der Waals surface area contributed by atoms with Gasteiger partial charge in [-0.2, -0.15) is 13.2 Å². The zero-order valence-electron chi connectivity index (χ0n) is 16.3. The lowest BCUT2D eigenvalue weighted by Gasteiger charge is -2.16. The quantitative estimate of drug-likeness (QED) is 0.524.